The normalized spacial score (nSPS) is 27.0. The van der Waals surface area contributed by atoms with Crippen LogP contribution in [0.1, 0.15) is 50.8 Å². The molecule has 1 spiro atoms. The van der Waals surface area contributed by atoms with Gasteiger partial charge in [-0.25, -0.2) is 4.98 Å². The van der Waals surface area contributed by atoms with Crippen molar-refractivity contribution in [3.63, 3.8) is 0 Å². The lowest BCUT2D eigenvalue weighted by atomic mass is 9.93. The maximum absolute atomic E-state index is 13.1. The van der Waals surface area contributed by atoms with Gasteiger partial charge in [0, 0.05) is 32.1 Å². The summed E-state index contributed by atoms with van der Waals surface area (Å²) in [6, 6.07) is 0.377. The van der Waals surface area contributed by atoms with Gasteiger partial charge in [0.2, 0.25) is 5.91 Å². The number of aromatic nitrogens is 2. The number of nitrogens with one attached hydrogen (secondary N) is 1. The van der Waals surface area contributed by atoms with Gasteiger partial charge in [-0.2, -0.15) is 0 Å². The summed E-state index contributed by atoms with van der Waals surface area (Å²) in [5, 5.41) is 3.45. The average Bonchev–Trinajstić information content (AvgIpc) is 3.14. The van der Waals surface area contributed by atoms with Crippen LogP contribution in [0.5, 0.6) is 0 Å². The Morgan fingerprint density at radius 1 is 1.42 bits per heavy atom. The first-order valence-electron chi connectivity index (χ1n) is 9.76. The van der Waals surface area contributed by atoms with Gasteiger partial charge in [0.1, 0.15) is 5.82 Å². The van der Waals surface area contributed by atoms with Crippen molar-refractivity contribution in [1.82, 2.24) is 19.8 Å². The molecule has 3 fully saturated rings. The van der Waals surface area contributed by atoms with Gasteiger partial charge in [0.15, 0.2) is 0 Å². The molecule has 1 aromatic rings. The summed E-state index contributed by atoms with van der Waals surface area (Å²) >= 11 is 0. The van der Waals surface area contributed by atoms with Crippen molar-refractivity contribution in [2.24, 2.45) is 12.5 Å². The summed E-state index contributed by atoms with van der Waals surface area (Å²) in [6.07, 6.45) is 11.2. The van der Waals surface area contributed by atoms with Crippen LogP contribution >= 0.6 is 12.4 Å². The molecule has 146 valence electrons. The third-order valence-electron chi connectivity index (χ3n) is 6.35. The van der Waals surface area contributed by atoms with E-state index in [1.165, 1.54) is 19.3 Å². The molecular formula is C19H31ClN4O2. The van der Waals surface area contributed by atoms with Gasteiger partial charge in [-0.3, -0.25) is 4.79 Å². The standard InChI is InChI=1S/C19H30N4O2.ClH/c1-22-10-9-21-17(22)14-23(16-13-19(16)5-7-20-8-6-19)18(24)12-15-4-2-3-11-25-15;/h9-10,15-16,20H,2-8,11-14H2,1H3;1H. The Hall–Kier alpha value is -1.11. The van der Waals surface area contributed by atoms with Gasteiger partial charge < -0.3 is 19.5 Å². The lowest BCUT2D eigenvalue weighted by Gasteiger charge is -2.31. The fraction of sp³-hybridized carbons (Fsp3) is 0.789. The van der Waals surface area contributed by atoms with Crippen molar-refractivity contribution in [1.29, 1.82) is 0 Å². The van der Waals surface area contributed by atoms with Gasteiger partial charge in [-0.05, 0) is 57.0 Å². The molecule has 26 heavy (non-hydrogen) atoms. The van der Waals surface area contributed by atoms with Crippen LogP contribution in [0.15, 0.2) is 12.4 Å². The Morgan fingerprint density at radius 2 is 2.23 bits per heavy atom. The highest BCUT2D eigenvalue weighted by atomic mass is 35.5. The van der Waals surface area contributed by atoms with E-state index in [0.29, 0.717) is 24.4 Å². The van der Waals surface area contributed by atoms with Crippen LogP contribution in [-0.2, 0) is 23.1 Å². The number of amides is 1. The zero-order valence-electron chi connectivity index (χ0n) is 15.7. The Morgan fingerprint density at radius 3 is 2.88 bits per heavy atom. The third-order valence-corrected chi connectivity index (χ3v) is 6.35. The van der Waals surface area contributed by atoms with Crippen molar-refractivity contribution in [2.45, 2.75) is 63.6 Å². The number of rotatable bonds is 5. The van der Waals surface area contributed by atoms with Crippen molar-refractivity contribution in [3.8, 4) is 0 Å². The first-order valence-corrected chi connectivity index (χ1v) is 9.76. The molecule has 2 aliphatic heterocycles. The zero-order chi connectivity index (χ0) is 17.3. The molecule has 1 amide bonds. The van der Waals surface area contributed by atoms with Crippen LogP contribution in [0.4, 0.5) is 0 Å². The van der Waals surface area contributed by atoms with Gasteiger partial charge in [-0.1, -0.05) is 0 Å². The van der Waals surface area contributed by atoms with Crippen LogP contribution in [0.2, 0.25) is 0 Å². The van der Waals surface area contributed by atoms with E-state index in [9.17, 15) is 4.79 Å². The van der Waals surface area contributed by atoms with E-state index in [2.05, 4.69) is 15.2 Å². The van der Waals surface area contributed by atoms with Crippen molar-refractivity contribution < 1.29 is 9.53 Å². The first-order chi connectivity index (χ1) is 12.2. The number of ether oxygens (including phenoxy) is 1. The van der Waals surface area contributed by atoms with E-state index in [4.69, 9.17) is 4.74 Å². The van der Waals surface area contributed by atoms with E-state index >= 15 is 0 Å². The highest BCUT2D eigenvalue weighted by Gasteiger charge is 2.57. The maximum atomic E-state index is 13.1. The minimum absolute atomic E-state index is 0. The smallest absolute Gasteiger partial charge is 0.225 e. The minimum Gasteiger partial charge on any atom is -0.378 e. The maximum Gasteiger partial charge on any atom is 0.225 e. The summed E-state index contributed by atoms with van der Waals surface area (Å²) < 4.78 is 7.84. The lowest BCUT2D eigenvalue weighted by Crippen LogP contribution is -2.41. The molecule has 0 radical (unpaired) electrons. The Labute approximate surface area is 162 Å². The molecule has 0 aromatic carbocycles. The Bertz CT molecular complexity index is 608. The molecule has 2 atom stereocenters. The SMILES string of the molecule is Cl.Cn1ccnc1CN(C(=O)CC1CCCCO1)C1CC12CCNCC2. The fourth-order valence-electron chi connectivity index (χ4n) is 4.58. The first kappa shape index (κ1) is 19.6. The molecule has 0 bridgehead atoms. The van der Waals surface area contributed by atoms with Crippen molar-refractivity contribution in [3.05, 3.63) is 18.2 Å². The van der Waals surface area contributed by atoms with E-state index < -0.39 is 0 Å². The fourth-order valence-corrected chi connectivity index (χ4v) is 4.58. The second-order valence-corrected chi connectivity index (χ2v) is 8.00. The molecule has 3 aliphatic rings. The van der Waals surface area contributed by atoms with Gasteiger partial charge in [0.25, 0.3) is 0 Å². The predicted molar refractivity (Wildman–Crippen MR) is 102 cm³/mol. The van der Waals surface area contributed by atoms with Crippen molar-refractivity contribution >= 4 is 18.3 Å². The summed E-state index contributed by atoms with van der Waals surface area (Å²) in [5.74, 6) is 1.21. The van der Waals surface area contributed by atoms with Crippen LogP contribution in [0.25, 0.3) is 0 Å². The average molecular weight is 383 g/mol. The highest BCUT2D eigenvalue weighted by molar-refractivity contribution is 5.85. The third kappa shape index (κ3) is 4.07. The monoisotopic (exact) mass is 382 g/mol. The second-order valence-electron chi connectivity index (χ2n) is 8.00. The van der Waals surface area contributed by atoms with Crippen LogP contribution in [0.3, 0.4) is 0 Å². The molecule has 2 unspecified atom stereocenters. The Balaban J connectivity index is 0.00000196. The second kappa shape index (κ2) is 8.28. The predicted octanol–water partition coefficient (Wildman–Crippen LogP) is 2.27. The molecule has 1 aliphatic carbocycles. The summed E-state index contributed by atoms with van der Waals surface area (Å²) in [6.45, 7) is 3.57. The lowest BCUT2D eigenvalue weighted by molar-refractivity contribution is -0.137. The summed E-state index contributed by atoms with van der Waals surface area (Å²) in [5.41, 5.74) is 0.347. The van der Waals surface area contributed by atoms with Gasteiger partial charge in [0.05, 0.1) is 19.1 Å². The van der Waals surface area contributed by atoms with Crippen LogP contribution in [-0.4, -0.2) is 52.2 Å². The number of imidazole rings is 1. The highest BCUT2D eigenvalue weighted by Crippen LogP contribution is 2.56. The van der Waals surface area contributed by atoms with E-state index in [1.807, 2.05) is 24.0 Å². The molecular weight excluding hydrogens is 352 g/mol. The quantitative estimate of drug-likeness (QED) is 0.848. The molecule has 3 heterocycles. The number of carbonyl (C=O) groups is 1. The molecule has 1 N–H and O–H groups in total. The topological polar surface area (TPSA) is 59.4 Å². The summed E-state index contributed by atoms with van der Waals surface area (Å²) in [7, 11) is 2.00. The van der Waals surface area contributed by atoms with E-state index in [1.54, 1.807) is 0 Å². The van der Waals surface area contributed by atoms with Gasteiger partial charge >= 0.3 is 0 Å². The molecule has 2 saturated heterocycles. The number of piperidine rings is 1. The van der Waals surface area contributed by atoms with Crippen molar-refractivity contribution in [2.75, 3.05) is 19.7 Å². The molecule has 4 rings (SSSR count). The summed E-state index contributed by atoms with van der Waals surface area (Å²) in [4.78, 5) is 19.7. The minimum atomic E-state index is 0. The van der Waals surface area contributed by atoms with Crippen LogP contribution < -0.4 is 5.32 Å². The Kier molecular flexibility index (Phi) is 6.25. The van der Waals surface area contributed by atoms with E-state index in [-0.39, 0.29) is 24.4 Å². The molecule has 7 heteroatoms. The number of halogens is 1. The van der Waals surface area contributed by atoms with Gasteiger partial charge in [-0.15, -0.1) is 12.4 Å². The van der Waals surface area contributed by atoms with Crippen LogP contribution in [0, 0.1) is 5.41 Å². The number of hydrogen-bond acceptors (Lipinski definition) is 4. The molecule has 1 saturated carbocycles. The number of nitrogens with zero attached hydrogens (tertiary/aromatic N) is 3. The number of hydrogen-bond donors (Lipinski definition) is 1. The molecule has 1 aromatic heterocycles. The largest absolute Gasteiger partial charge is 0.378 e. The zero-order valence-corrected chi connectivity index (χ0v) is 16.5. The molecule has 6 nitrogen and oxygen atoms in total. The van der Waals surface area contributed by atoms with E-state index in [0.717, 1.165) is 44.8 Å². The number of aryl methyl sites for hydroxylation is 1. The number of carbonyl (C=O) groups excluding carboxylic acids is 1.